The van der Waals surface area contributed by atoms with Gasteiger partial charge in [-0.25, -0.2) is 0 Å². The quantitative estimate of drug-likeness (QED) is 0.474. The van der Waals surface area contributed by atoms with Crippen LogP contribution in [-0.2, 0) is 6.54 Å². The maximum absolute atomic E-state index is 11.0. The lowest BCUT2D eigenvalue weighted by molar-refractivity contribution is -0.385. The molecule has 1 aliphatic rings. The summed E-state index contributed by atoms with van der Waals surface area (Å²) in [4.78, 5) is 13.0. The molecule has 0 aliphatic carbocycles. The first-order chi connectivity index (χ1) is 10.2. The van der Waals surface area contributed by atoms with Crippen molar-refractivity contribution >= 4 is 5.69 Å². The van der Waals surface area contributed by atoms with E-state index in [-0.39, 0.29) is 5.69 Å². The fourth-order valence-electron chi connectivity index (χ4n) is 2.64. The summed E-state index contributed by atoms with van der Waals surface area (Å²) in [6.07, 6.45) is 3.94. The molecule has 1 heterocycles. The zero-order chi connectivity index (χ0) is 15.1. The predicted octanol–water partition coefficient (Wildman–Crippen LogP) is 2.18. The van der Waals surface area contributed by atoms with Crippen LogP contribution in [0.1, 0.15) is 24.8 Å². The van der Waals surface area contributed by atoms with E-state index in [1.165, 1.54) is 39.5 Å². The predicted molar refractivity (Wildman–Crippen MR) is 81.6 cm³/mol. The number of likely N-dealkylation sites (tertiary alicyclic amines) is 1. The van der Waals surface area contributed by atoms with Gasteiger partial charge in [0.15, 0.2) is 5.75 Å². The lowest BCUT2D eigenvalue weighted by Crippen LogP contribution is -2.35. The number of hydrogen-bond acceptors (Lipinski definition) is 5. The lowest BCUT2D eigenvalue weighted by Gasteiger charge is -2.26. The van der Waals surface area contributed by atoms with Gasteiger partial charge >= 0.3 is 5.69 Å². The van der Waals surface area contributed by atoms with Crippen molar-refractivity contribution in [2.45, 2.75) is 25.8 Å². The first-order valence-corrected chi connectivity index (χ1v) is 7.45. The largest absolute Gasteiger partial charge is 0.490 e. The van der Waals surface area contributed by atoms with Gasteiger partial charge in [-0.2, -0.15) is 0 Å². The van der Waals surface area contributed by atoms with Crippen molar-refractivity contribution in [3.05, 3.63) is 33.9 Å². The molecule has 6 heteroatoms. The molecule has 1 aromatic carbocycles. The van der Waals surface area contributed by atoms with Crippen LogP contribution in [0.4, 0.5) is 5.69 Å². The van der Waals surface area contributed by atoms with E-state index in [9.17, 15) is 10.1 Å². The molecule has 0 bridgehead atoms. The molecule has 2 rings (SSSR count). The molecule has 6 nitrogen and oxygen atoms in total. The van der Waals surface area contributed by atoms with E-state index < -0.39 is 4.92 Å². The topological polar surface area (TPSA) is 67.6 Å². The van der Waals surface area contributed by atoms with Crippen LogP contribution < -0.4 is 10.1 Å². The molecule has 0 aromatic heterocycles. The van der Waals surface area contributed by atoms with Gasteiger partial charge in [-0.15, -0.1) is 0 Å². The molecule has 0 atom stereocenters. The number of ether oxygens (including phenoxy) is 1. The van der Waals surface area contributed by atoms with Gasteiger partial charge in [-0.3, -0.25) is 10.1 Å². The molecule has 1 saturated heterocycles. The highest BCUT2D eigenvalue weighted by Crippen LogP contribution is 2.27. The summed E-state index contributed by atoms with van der Waals surface area (Å²) in [7, 11) is 1.44. The number of nitrogens with one attached hydrogen (secondary N) is 1. The molecule has 21 heavy (non-hydrogen) atoms. The summed E-state index contributed by atoms with van der Waals surface area (Å²) in [5, 5.41) is 14.3. The van der Waals surface area contributed by atoms with Gasteiger partial charge in [0.1, 0.15) is 0 Å². The van der Waals surface area contributed by atoms with Gasteiger partial charge in [0.05, 0.1) is 12.0 Å². The fourth-order valence-corrected chi connectivity index (χ4v) is 2.64. The number of methoxy groups -OCH3 is 1. The second-order valence-electron chi connectivity index (χ2n) is 5.34. The third kappa shape index (κ3) is 4.68. The monoisotopic (exact) mass is 293 g/mol. The van der Waals surface area contributed by atoms with Gasteiger partial charge in [0, 0.05) is 25.7 Å². The van der Waals surface area contributed by atoms with Crippen molar-refractivity contribution in [2.24, 2.45) is 0 Å². The second kappa shape index (κ2) is 7.95. The Morgan fingerprint density at radius 2 is 2.10 bits per heavy atom. The minimum atomic E-state index is -0.407. The maximum Gasteiger partial charge on any atom is 0.311 e. The molecule has 0 unspecified atom stereocenters. The highest BCUT2D eigenvalue weighted by molar-refractivity contribution is 5.48. The molecule has 0 saturated carbocycles. The van der Waals surface area contributed by atoms with Crippen molar-refractivity contribution in [3.8, 4) is 5.75 Å². The fraction of sp³-hybridized carbons (Fsp3) is 0.600. The number of rotatable bonds is 7. The van der Waals surface area contributed by atoms with Crippen LogP contribution in [0, 0.1) is 10.1 Å². The standard InChI is InChI=1S/C15H23N3O3/c1-21-15-6-5-13(11-14(15)18(19)20)12-16-7-10-17-8-3-2-4-9-17/h5-6,11,16H,2-4,7-10,12H2,1H3. The molecule has 1 aliphatic heterocycles. The number of nitro groups is 1. The summed E-state index contributed by atoms with van der Waals surface area (Å²) in [5.41, 5.74) is 0.925. The zero-order valence-electron chi connectivity index (χ0n) is 12.5. The summed E-state index contributed by atoms with van der Waals surface area (Å²) >= 11 is 0. The summed E-state index contributed by atoms with van der Waals surface area (Å²) in [6, 6.07) is 5.09. The van der Waals surface area contributed by atoms with Crippen LogP contribution >= 0.6 is 0 Å². The molecule has 116 valence electrons. The highest BCUT2D eigenvalue weighted by atomic mass is 16.6. The normalized spacial score (nSPS) is 15.9. The van der Waals surface area contributed by atoms with Gasteiger partial charge in [-0.1, -0.05) is 12.5 Å². The summed E-state index contributed by atoms with van der Waals surface area (Å²) in [6.45, 7) is 4.96. The Bertz CT molecular complexity index is 473. The number of piperidine rings is 1. The van der Waals surface area contributed by atoms with Crippen LogP contribution in [0.5, 0.6) is 5.75 Å². The Labute approximate surface area is 125 Å². The molecular weight excluding hydrogens is 270 g/mol. The Morgan fingerprint density at radius 3 is 2.76 bits per heavy atom. The van der Waals surface area contributed by atoms with Crippen LogP contribution in [-0.4, -0.2) is 43.1 Å². The van der Waals surface area contributed by atoms with E-state index in [1.807, 2.05) is 6.07 Å². The smallest absolute Gasteiger partial charge is 0.311 e. The van der Waals surface area contributed by atoms with Crippen molar-refractivity contribution in [3.63, 3.8) is 0 Å². The average Bonchev–Trinajstić information content (AvgIpc) is 2.52. The van der Waals surface area contributed by atoms with Crippen LogP contribution in [0.2, 0.25) is 0 Å². The van der Waals surface area contributed by atoms with Gasteiger partial charge < -0.3 is 15.0 Å². The van der Waals surface area contributed by atoms with Crippen molar-refractivity contribution in [2.75, 3.05) is 33.3 Å². The molecule has 0 amide bonds. The molecule has 0 radical (unpaired) electrons. The minimum Gasteiger partial charge on any atom is -0.490 e. The van der Waals surface area contributed by atoms with Gasteiger partial charge in [0.25, 0.3) is 0 Å². The van der Waals surface area contributed by atoms with E-state index in [0.717, 1.165) is 18.7 Å². The third-order valence-corrected chi connectivity index (χ3v) is 3.82. The second-order valence-corrected chi connectivity index (χ2v) is 5.34. The van der Waals surface area contributed by atoms with Crippen molar-refractivity contribution in [1.29, 1.82) is 0 Å². The van der Waals surface area contributed by atoms with E-state index in [2.05, 4.69) is 10.2 Å². The summed E-state index contributed by atoms with van der Waals surface area (Å²) in [5.74, 6) is 0.303. The van der Waals surface area contributed by atoms with E-state index in [1.54, 1.807) is 12.1 Å². The Morgan fingerprint density at radius 1 is 1.33 bits per heavy atom. The molecule has 1 aromatic rings. The lowest BCUT2D eigenvalue weighted by atomic mass is 10.1. The number of benzene rings is 1. The SMILES string of the molecule is COc1ccc(CNCCN2CCCCC2)cc1[N+](=O)[O-]. The van der Waals surface area contributed by atoms with Gasteiger partial charge in [-0.05, 0) is 37.6 Å². The van der Waals surface area contributed by atoms with Crippen molar-refractivity contribution < 1.29 is 9.66 Å². The number of hydrogen-bond donors (Lipinski definition) is 1. The first-order valence-electron chi connectivity index (χ1n) is 7.45. The van der Waals surface area contributed by atoms with Crippen molar-refractivity contribution in [1.82, 2.24) is 10.2 Å². The van der Waals surface area contributed by atoms with Crippen LogP contribution in [0.3, 0.4) is 0 Å². The average molecular weight is 293 g/mol. The molecule has 1 N–H and O–H groups in total. The number of nitrogens with zero attached hydrogens (tertiary/aromatic N) is 2. The molecule has 1 fully saturated rings. The Balaban J connectivity index is 1.80. The van der Waals surface area contributed by atoms with Crippen LogP contribution in [0.25, 0.3) is 0 Å². The summed E-state index contributed by atoms with van der Waals surface area (Å²) < 4.78 is 5.00. The Hall–Kier alpha value is -1.66. The minimum absolute atomic E-state index is 0.0211. The van der Waals surface area contributed by atoms with E-state index in [4.69, 9.17) is 4.74 Å². The zero-order valence-corrected chi connectivity index (χ0v) is 12.5. The third-order valence-electron chi connectivity index (χ3n) is 3.82. The van der Waals surface area contributed by atoms with E-state index in [0.29, 0.717) is 12.3 Å². The maximum atomic E-state index is 11.0. The molecular formula is C15H23N3O3. The number of nitro benzene ring substituents is 1. The van der Waals surface area contributed by atoms with Gasteiger partial charge in [0.2, 0.25) is 0 Å². The first kappa shape index (κ1) is 15.7. The Kier molecular flexibility index (Phi) is 5.95. The van der Waals surface area contributed by atoms with E-state index >= 15 is 0 Å². The highest BCUT2D eigenvalue weighted by Gasteiger charge is 2.15. The molecule has 0 spiro atoms. The van der Waals surface area contributed by atoms with Crippen LogP contribution in [0.15, 0.2) is 18.2 Å².